The molecule has 4 rings (SSSR count). The fourth-order valence-corrected chi connectivity index (χ4v) is 5.60. The summed E-state index contributed by atoms with van der Waals surface area (Å²) < 4.78 is 27.5. The van der Waals surface area contributed by atoms with Crippen LogP contribution in [0.3, 0.4) is 0 Å². The lowest BCUT2D eigenvalue weighted by Gasteiger charge is -2.35. The van der Waals surface area contributed by atoms with E-state index in [4.69, 9.17) is 0 Å². The molecule has 0 bridgehead atoms. The van der Waals surface area contributed by atoms with Gasteiger partial charge in [0.1, 0.15) is 0 Å². The maximum Gasteiger partial charge on any atom is 0.243 e. The molecule has 0 aromatic heterocycles. The van der Waals surface area contributed by atoms with Crippen molar-refractivity contribution < 1.29 is 13.2 Å². The van der Waals surface area contributed by atoms with E-state index in [1.807, 2.05) is 47.4 Å². The van der Waals surface area contributed by atoms with Gasteiger partial charge in [-0.1, -0.05) is 55.3 Å². The third-order valence-corrected chi connectivity index (χ3v) is 7.77. The molecule has 0 spiro atoms. The molecule has 6 heteroatoms. The van der Waals surface area contributed by atoms with E-state index in [0.717, 1.165) is 36.8 Å². The van der Waals surface area contributed by atoms with Gasteiger partial charge in [0.25, 0.3) is 0 Å². The first-order chi connectivity index (χ1) is 13.6. The number of piperazine rings is 1. The lowest BCUT2D eigenvalue weighted by atomic mass is 10.1. The summed E-state index contributed by atoms with van der Waals surface area (Å²) in [5, 5.41) is 0. The molecular formula is C22H26N2O3S. The van der Waals surface area contributed by atoms with Crippen LogP contribution in [0, 0.1) is 5.92 Å². The van der Waals surface area contributed by atoms with Gasteiger partial charge in [-0.2, -0.15) is 4.31 Å². The first-order valence-electron chi connectivity index (χ1n) is 10.00. The van der Waals surface area contributed by atoms with Crippen molar-refractivity contribution in [1.82, 2.24) is 9.21 Å². The van der Waals surface area contributed by atoms with E-state index in [1.54, 1.807) is 12.1 Å². The molecule has 2 aromatic rings. The largest absolute Gasteiger partial charge is 0.340 e. The zero-order chi connectivity index (χ0) is 19.6. The maximum atomic E-state index is 13.0. The summed E-state index contributed by atoms with van der Waals surface area (Å²) in [6.07, 6.45) is 4.21. The quantitative estimate of drug-likeness (QED) is 0.793. The Morgan fingerprint density at radius 2 is 1.36 bits per heavy atom. The van der Waals surface area contributed by atoms with Gasteiger partial charge in [-0.25, -0.2) is 8.42 Å². The number of rotatable bonds is 4. The molecule has 0 atom stereocenters. The van der Waals surface area contributed by atoms with Crippen molar-refractivity contribution in [3.05, 3.63) is 54.6 Å². The highest BCUT2D eigenvalue weighted by Crippen LogP contribution is 2.28. The van der Waals surface area contributed by atoms with Crippen LogP contribution in [0.1, 0.15) is 25.7 Å². The Bertz CT molecular complexity index is 912. The minimum absolute atomic E-state index is 0.147. The molecule has 0 radical (unpaired) electrons. The summed E-state index contributed by atoms with van der Waals surface area (Å²) in [4.78, 5) is 14.7. The Balaban J connectivity index is 1.42. The van der Waals surface area contributed by atoms with Gasteiger partial charge < -0.3 is 4.90 Å². The van der Waals surface area contributed by atoms with Crippen LogP contribution in [-0.4, -0.2) is 49.7 Å². The molecule has 148 valence electrons. The van der Waals surface area contributed by atoms with E-state index >= 15 is 0 Å². The molecule has 1 amide bonds. The number of carbonyl (C=O) groups is 1. The third-order valence-electron chi connectivity index (χ3n) is 5.85. The summed E-state index contributed by atoms with van der Waals surface area (Å²) in [5.41, 5.74) is 2.05. The first-order valence-corrected chi connectivity index (χ1v) is 11.4. The molecule has 5 nitrogen and oxygen atoms in total. The van der Waals surface area contributed by atoms with E-state index in [-0.39, 0.29) is 11.8 Å². The van der Waals surface area contributed by atoms with Crippen LogP contribution in [0.5, 0.6) is 0 Å². The lowest BCUT2D eigenvalue weighted by Crippen LogP contribution is -2.51. The van der Waals surface area contributed by atoms with Gasteiger partial charge in [0.15, 0.2) is 0 Å². The molecular weight excluding hydrogens is 372 g/mol. The number of benzene rings is 2. The molecule has 0 unspecified atom stereocenters. The van der Waals surface area contributed by atoms with Crippen molar-refractivity contribution in [3.63, 3.8) is 0 Å². The van der Waals surface area contributed by atoms with Crippen LogP contribution in [0.4, 0.5) is 0 Å². The van der Waals surface area contributed by atoms with Gasteiger partial charge in [0, 0.05) is 32.1 Å². The van der Waals surface area contributed by atoms with Crippen molar-refractivity contribution in [1.29, 1.82) is 0 Å². The SMILES string of the molecule is O=C(C1CCCC1)N1CCN(S(=O)(=O)c2ccc(-c3ccccc3)cc2)CC1. The van der Waals surface area contributed by atoms with Crippen LogP contribution < -0.4 is 0 Å². The summed E-state index contributed by atoms with van der Waals surface area (Å²) in [7, 11) is -3.53. The summed E-state index contributed by atoms with van der Waals surface area (Å²) in [5.74, 6) is 0.357. The molecule has 2 aromatic carbocycles. The van der Waals surface area contributed by atoms with Crippen molar-refractivity contribution >= 4 is 15.9 Å². The maximum absolute atomic E-state index is 13.0. The second kappa shape index (κ2) is 8.05. The predicted molar refractivity (Wildman–Crippen MR) is 109 cm³/mol. The highest BCUT2D eigenvalue weighted by Gasteiger charge is 2.33. The van der Waals surface area contributed by atoms with Crippen molar-refractivity contribution in [3.8, 4) is 11.1 Å². The fourth-order valence-electron chi connectivity index (χ4n) is 4.18. The normalized spacial score (nSPS) is 19.1. The topological polar surface area (TPSA) is 57.7 Å². The lowest BCUT2D eigenvalue weighted by molar-refractivity contribution is -0.136. The van der Waals surface area contributed by atoms with E-state index in [2.05, 4.69) is 0 Å². The van der Waals surface area contributed by atoms with E-state index in [1.165, 1.54) is 4.31 Å². The second-order valence-electron chi connectivity index (χ2n) is 7.60. The third kappa shape index (κ3) is 3.84. The molecule has 1 saturated heterocycles. The molecule has 1 aliphatic heterocycles. The Labute approximate surface area is 167 Å². The van der Waals surface area contributed by atoms with Gasteiger partial charge in [0.05, 0.1) is 4.90 Å². The highest BCUT2D eigenvalue weighted by molar-refractivity contribution is 7.89. The summed E-state index contributed by atoms with van der Waals surface area (Å²) in [6.45, 7) is 1.69. The van der Waals surface area contributed by atoms with Gasteiger partial charge >= 0.3 is 0 Å². The molecule has 28 heavy (non-hydrogen) atoms. The summed E-state index contributed by atoms with van der Waals surface area (Å²) >= 11 is 0. The van der Waals surface area contributed by atoms with Gasteiger partial charge in [-0.05, 0) is 36.1 Å². The van der Waals surface area contributed by atoms with Gasteiger partial charge in [-0.15, -0.1) is 0 Å². The molecule has 1 saturated carbocycles. The van der Waals surface area contributed by atoms with Crippen molar-refractivity contribution in [2.75, 3.05) is 26.2 Å². The summed E-state index contributed by atoms with van der Waals surface area (Å²) in [6, 6.07) is 16.9. The van der Waals surface area contributed by atoms with E-state index in [9.17, 15) is 13.2 Å². The Kier molecular flexibility index (Phi) is 5.51. The highest BCUT2D eigenvalue weighted by atomic mass is 32.2. The van der Waals surface area contributed by atoms with Crippen molar-refractivity contribution in [2.45, 2.75) is 30.6 Å². The number of sulfonamides is 1. The predicted octanol–water partition coefficient (Wildman–Crippen LogP) is 3.38. The Morgan fingerprint density at radius 3 is 1.96 bits per heavy atom. The molecule has 0 N–H and O–H groups in total. The zero-order valence-corrected chi connectivity index (χ0v) is 16.8. The smallest absolute Gasteiger partial charge is 0.243 e. The molecule has 2 aliphatic rings. The number of amides is 1. The van der Waals surface area contributed by atoms with Gasteiger partial charge in [-0.3, -0.25) is 4.79 Å². The molecule has 1 heterocycles. The van der Waals surface area contributed by atoms with E-state index < -0.39 is 10.0 Å². The number of hydrogen-bond donors (Lipinski definition) is 0. The van der Waals surface area contributed by atoms with Crippen LogP contribution in [-0.2, 0) is 14.8 Å². The van der Waals surface area contributed by atoms with Crippen molar-refractivity contribution in [2.24, 2.45) is 5.92 Å². The molecule has 1 aliphatic carbocycles. The zero-order valence-electron chi connectivity index (χ0n) is 16.0. The number of carbonyl (C=O) groups excluding carboxylic acids is 1. The van der Waals surface area contributed by atoms with Crippen LogP contribution in [0.2, 0.25) is 0 Å². The van der Waals surface area contributed by atoms with Gasteiger partial charge in [0.2, 0.25) is 15.9 Å². The standard InChI is InChI=1S/C22H26N2O3S/c25-22(20-8-4-5-9-20)23-14-16-24(17-15-23)28(26,27)21-12-10-19(11-13-21)18-6-2-1-3-7-18/h1-3,6-7,10-13,20H,4-5,8-9,14-17H2. The fraction of sp³-hybridized carbons (Fsp3) is 0.409. The average molecular weight is 399 g/mol. The molecule has 2 fully saturated rings. The van der Waals surface area contributed by atoms with Crippen LogP contribution in [0.25, 0.3) is 11.1 Å². The Morgan fingerprint density at radius 1 is 0.786 bits per heavy atom. The Hall–Kier alpha value is -2.18. The average Bonchev–Trinajstić information content (AvgIpc) is 3.29. The second-order valence-corrected chi connectivity index (χ2v) is 9.54. The number of hydrogen-bond acceptors (Lipinski definition) is 3. The first kappa shape index (κ1) is 19.2. The van der Waals surface area contributed by atoms with Crippen LogP contribution in [0.15, 0.2) is 59.5 Å². The number of nitrogens with zero attached hydrogens (tertiary/aromatic N) is 2. The monoisotopic (exact) mass is 398 g/mol. The minimum atomic E-state index is -3.53. The minimum Gasteiger partial charge on any atom is -0.340 e. The van der Waals surface area contributed by atoms with Crippen LogP contribution >= 0.6 is 0 Å². The van der Waals surface area contributed by atoms with E-state index in [0.29, 0.717) is 31.1 Å².